The first kappa shape index (κ1) is 18.5. The lowest BCUT2D eigenvalue weighted by Gasteiger charge is -2.23. The Morgan fingerprint density at radius 2 is 1.92 bits per heavy atom. The highest BCUT2D eigenvalue weighted by molar-refractivity contribution is 5.96. The summed E-state index contributed by atoms with van der Waals surface area (Å²) in [5.74, 6) is 0.606. The van der Waals surface area contributed by atoms with E-state index in [2.05, 4.69) is 5.32 Å². The second-order valence-electron chi connectivity index (χ2n) is 5.52. The summed E-state index contributed by atoms with van der Waals surface area (Å²) in [4.78, 5) is 25.5. The molecule has 2 aromatic rings. The van der Waals surface area contributed by atoms with Gasteiger partial charge in [-0.15, -0.1) is 0 Å². The molecule has 0 bridgehead atoms. The molecule has 132 valence electrons. The van der Waals surface area contributed by atoms with Crippen LogP contribution >= 0.6 is 0 Å². The average Bonchev–Trinajstić information content (AvgIpc) is 2.62. The van der Waals surface area contributed by atoms with E-state index in [1.54, 1.807) is 31.4 Å². The molecule has 0 heterocycles. The lowest BCUT2D eigenvalue weighted by atomic mass is 10.1. The lowest BCUT2D eigenvalue weighted by Crippen LogP contribution is -2.36. The van der Waals surface area contributed by atoms with Crippen LogP contribution in [0.25, 0.3) is 0 Å². The summed E-state index contributed by atoms with van der Waals surface area (Å²) >= 11 is 0. The molecule has 0 aliphatic heterocycles. The number of para-hydroxylation sites is 1. The predicted molar refractivity (Wildman–Crippen MR) is 96.0 cm³/mol. The van der Waals surface area contributed by atoms with Crippen LogP contribution in [0.15, 0.2) is 48.5 Å². The standard InChI is InChI=1S/C19H22N2O4/c1-14(23)15-7-5-8-17(12-15)20-19(24)21(10-11-22)13-16-6-3-4-9-18(16)25-2/h3-9,12,22H,10-11,13H2,1-2H3,(H,20,24). The summed E-state index contributed by atoms with van der Waals surface area (Å²) in [6.07, 6.45) is 0. The molecule has 0 saturated heterocycles. The smallest absolute Gasteiger partial charge is 0.322 e. The Bertz CT molecular complexity index is 746. The molecule has 0 spiro atoms. The van der Waals surface area contributed by atoms with Gasteiger partial charge in [-0.05, 0) is 25.1 Å². The number of nitrogens with one attached hydrogen (secondary N) is 1. The molecule has 0 aromatic heterocycles. The van der Waals surface area contributed by atoms with Gasteiger partial charge in [0.05, 0.1) is 20.3 Å². The van der Waals surface area contributed by atoms with Crippen molar-refractivity contribution < 1.29 is 19.4 Å². The molecule has 0 unspecified atom stereocenters. The predicted octanol–water partition coefficient (Wildman–Crippen LogP) is 2.92. The molecule has 0 fully saturated rings. The van der Waals surface area contributed by atoms with E-state index in [-0.39, 0.29) is 25.0 Å². The quantitative estimate of drug-likeness (QED) is 0.758. The van der Waals surface area contributed by atoms with Crippen molar-refractivity contribution in [1.29, 1.82) is 0 Å². The monoisotopic (exact) mass is 342 g/mol. The number of urea groups is 1. The van der Waals surface area contributed by atoms with Crippen LogP contribution in [0, 0.1) is 0 Å². The van der Waals surface area contributed by atoms with Crippen LogP contribution in [-0.2, 0) is 6.54 Å². The number of carbonyl (C=O) groups excluding carboxylic acids is 2. The SMILES string of the molecule is COc1ccccc1CN(CCO)C(=O)Nc1cccc(C(C)=O)c1. The highest BCUT2D eigenvalue weighted by atomic mass is 16.5. The molecule has 0 radical (unpaired) electrons. The average molecular weight is 342 g/mol. The number of carbonyl (C=O) groups is 2. The summed E-state index contributed by atoms with van der Waals surface area (Å²) in [5.41, 5.74) is 1.89. The zero-order chi connectivity index (χ0) is 18.2. The van der Waals surface area contributed by atoms with E-state index < -0.39 is 0 Å². The number of ketones is 1. The van der Waals surface area contributed by atoms with Gasteiger partial charge in [-0.3, -0.25) is 4.79 Å². The maximum atomic E-state index is 12.6. The fourth-order valence-electron chi connectivity index (χ4n) is 2.43. The highest BCUT2D eigenvalue weighted by Gasteiger charge is 2.16. The number of aliphatic hydroxyl groups excluding tert-OH is 1. The summed E-state index contributed by atoms with van der Waals surface area (Å²) in [6.45, 7) is 1.79. The molecule has 0 aliphatic carbocycles. The summed E-state index contributed by atoms with van der Waals surface area (Å²) in [7, 11) is 1.57. The van der Waals surface area contributed by atoms with E-state index in [1.165, 1.54) is 11.8 Å². The number of rotatable bonds is 7. The Hall–Kier alpha value is -2.86. The van der Waals surface area contributed by atoms with Crippen LogP contribution < -0.4 is 10.1 Å². The van der Waals surface area contributed by atoms with Gasteiger partial charge in [0.25, 0.3) is 0 Å². The van der Waals surface area contributed by atoms with E-state index in [0.717, 1.165) is 5.56 Å². The van der Waals surface area contributed by atoms with Gasteiger partial charge >= 0.3 is 6.03 Å². The molecule has 0 atom stereocenters. The Labute approximate surface area is 147 Å². The van der Waals surface area contributed by atoms with Crippen molar-refractivity contribution in [3.8, 4) is 5.75 Å². The number of hydrogen-bond donors (Lipinski definition) is 2. The minimum absolute atomic E-state index is 0.0719. The molecule has 6 heteroatoms. The number of nitrogens with zero attached hydrogens (tertiary/aromatic N) is 1. The number of anilines is 1. The molecule has 2 rings (SSSR count). The topological polar surface area (TPSA) is 78.9 Å². The first-order valence-corrected chi connectivity index (χ1v) is 7.95. The molecular weight excluding hydrogens is 320 g/mol. The largest absolute Gasteiger partial charge is 0.496 e. The number of methoxy groups -OCH3 is 1. The van der Waals surface area contributed by atoms with E-state index in [1.807, 2.05) is 24.3 Å². The molecule has 6 nitrogen and oxygen atoms in total. The third kappa shape index (κ3) is 5.06. The number of benzene rings is 2. The Morgan fingerprint density at radius 3 is 2.60 bits per heavy atom. The Kier molecular flexibility index (Phi) is 6.54. The van der Waals surface area contributed by atoms with Gasteiger partial charge < -0.3 is 20.1 Å². The Balaban J connectivity index is 2.15. The molecule has 2 amide bonds. The summed E-state index contributed by atoms with van der Waals surface area (Å²) in [6, 6.07) is 13.8. The van der Waals surface area contributed by atoms with Crippen molar-refractivity contribution in [1.82, 2.24) is 4.90 Å². The van der Waals surface area contributed by atoms with E-state index >= 15 is 0 Å². The zero-order valence-electron chi connectivity index (χ0n) is 14.4. The zero-order valence-corrected chi connectivity index (χ0v) is 14.4. The fourth-order valence-corrected chi connectivity index (χ4v) is 2.43. The maximum Gasteiger partial charge on any atom is 0.322 e. The third-order valence-corrected chi connectivity index (χ3v) is 3.73. The molecule has 2 aromatic carbocycles. The normalized spacial score (nSPS) is 10.2. The number of Topliss-reactive ketones (excluding diaryl/α,β-unsaturated/α-hetero) is 1. The first-order chi connectivity index (χ1) is 12.0. The van der Waals surface area contributed by atoms with Crippen LogP contribution in [0.5, 0.6) is 5.75 Å². The van der Waals surface area contributed by atoms with E-state index in [9.17, 15) is 14.7 Å². The van der Waals surface area contributed by atoms with Gasteiger partial charge in [0.2, 0.25) is 0 Å². The van der Waals surface area contributed by atoms with Crippen LogP contribution in [0.2, 0.25) is 0 Å². The van der Waals surface area contributed by atoms with Crippen LogP contribution in [0.4, 0.5) is 10.5 Å². The van der Waals surface area contributed by atoms with Gasteiger partial charge in [-0.2, -0.15) is 0 Å². The van der Waals surface area contributed by atoms with E-state index in [4.69, 9.17) is 4.74 Å². The summed E-state index contributed by atoms with van der Waals surface area (Å²) in [5, 5.41) is 12.0. The minimum Gasteiger partial charge on any atom is -0.496 e. The van der Waals surface area contributed by atoms with Crippen LogP contribution in [0.1, 0.15) is 22.8 Å². The maximum absolute atomic E-state index is 12.6. The molecule has 25 heavy (non-hydrogen) atoms. The number of amides is 2. The minimum atomic E-state index is -0.361. The highest BCUT2D eigenvalue weighted by Crippen LogP contribution is 2.20. The first-order valence-electron chi connectivity index (χ1n) is 7.95. The molecule has 2 N–H and O–H groups in total. The fraction of sp³-hybridized carbons (Fsp3) is 0.263. The number of aliphatic hydroxyl groups is 1. The summed E-state index contributed by atoms with van der Waals surface area (Å²) < 4.78 is 5.31. The van der Waals surface area contributed by atoms with Gasteiger partial charge in [0, 0.05) is 23.4 Å². The van der Waals surface area contributed by atoms with E-state index in [0.29, 0.717) is 23.5 Å². The van der Waals surface area contributed by atoms with Crippen molar-refractivity contribution in [2.75, 3.05) is 25.6 Å². The van der Waals surface area contributed by atoms with Crippen molar-refractivity contribution in [2.45, 2.75) is 13.5 Å². The Morgan fingerprint density at radius 1 is 1.16 bits per heavy atom. The van der Waals surface area contributed by atoms with Crippen LogP contribution in [-0.4, -0.2) is 42.1 Å². The lowest BCUT2D eigenvalue weighted by molar-refractivity contribution is 0.101. The number of ether oxygens (including phenoxy) is 1. The van der Waals surface area contributed by atoms with Gasteiger partial charge in [-0.1, -0.05) is 30.3 Å². The second kappa shape index (κ2) is 8.84. The molecular formula is C19H22N2O4. The second-order valence-corrected chi connectivity index (χ2v) is 5.52. The number of hydrogen-bond acceptors (Lipinski definition) is 4. The van der Waals surface area contributed by atoms with Crippen molar-refractivity contribution in [3.63, 3.8) is 0 Å². The van der Waals surface area contributed by atoms with Gasteiger partial charge in [0.1, 0.15) is 5.75 Å². The van der Waals surface area contributed by atoms with Crippen molar-refractivity contribution >= 4 is 17.5 Å². The molecule has 0 saturated carbocycles. The van der Waals surface area contributed by atoms with Gasteiger partial charge in [-0.25, -0.2) is 4.79 Å². The third-order valence-electron chi connectivity index (χ3n) is 3.73. The molecule has 0 aliphatic rings. The van der Waals surface area contributed by atoms with Crippen LogP contribution in [0.3, 0.4) is 0 Å². The van der Waals surface area contributed by atoms with Gasteiger partial charge in [0.15, 0.2) is 5.78 Å². The van der Waals surface area contributed by atoms with Crippen molar-refractivity contribution in [3.05, 3.63) is 59.7 Å². The van der Waals surface area contributed by atoms with Crippen molar-refractivity contribution in [2.24, 2.45) is 0 Å².